The maximum atomic E-state index is 12.0. The van der Waals surface area contributed by atoms with E-state index in [1.807, 2.05) is 42.6 Å². The van der Waals surface area contributed by atoms with Crippen LogP contribution in [-0.2, 0) is 6.42 Å². The summed E-state index contributed by atoms with van der Waals surface area (Å²) in [5, 5.41) is 19.7. The van der Waals surface area contributed by atoms with Crippen molar-refractivity contribution in [3.63, 3.8) is 0 Å². The SMILES string of the molecule is O=C1NCC=NN1c1cc(Cl)c(Cc2ccc(C(O)c3ccc(-n4ccnc4)nc3)cc2)c(Cl)c1. The molecule has 2 N–H and O–H groups in total. The number of benzene rings is 2. The lowest BCUT2D eigenvalue weighted by Gasteiger charge is -2.22. The van der Waals surface area contributed by atoms with Crippen molar-refractivity contribution < 1.29 is 9.90 Å². The van der Waals surface area contributed by atoms with E-state index in [2.05, 4.69) is 20.4 Å². The predicted octanol–water partition coefficient (Wildman–Crippen LogP) is 4.76. The van der Waals surface area contributed by atoms with E-state index in [0.717, 1.165) is 22.5 Å². The second-order valence-electron chi connectivity index (χ2n) is 7.92. The summed E-state index contributed by atoms with van der Waals surface area (Å²) in [6, 6.07) is 14.3. The molecule has 0 saturated heterocycles. The summed E-state index contributed by atoms with van der Waals surface area (Å²) in [5.41, 5.74) is 3.63. The fourth-order valence-corrected chi connectivity index (χ4v) is 4.38. The smallest absolute Gasteiger partial charge is 0.342 e. The Hall–Kier alpha value is -3.72. The third-order valence-corrected chi connectivity index (χ3v) is 6.31. The summed E-state index contributed by atoms with van der Waals surface area (Å²) in [7, 11) is 0. The molecule has 4 aromatic rings. The zero-order valence-corrected chi connectivity index (χ0v) is 19.9. The average Bonchev–Trinajstić information content (AvgIpc) is 3.42. The molecule has 1 unspecified atom stereocenters. The van der Waals surface area contributed by atoms with Gasteiger partial charge in [0.05, 0.1) is 12.2 Å². The molecular weight excluding hydrogens is 487 g/mol. The molecule has 0 aliphatic carbocycles. The highest BCUT2D eigenvalue weighted by molar-refractivity contribution is 6.36. The van der Waals surface area contributed by atoms with Crippen molar-refractivity contribution in [2.75, 3.05) is 11.6 Å². The van der Waals surface area contributed by atoms with Gasteiger partial charge in [0.1, 0.15) is 18.2 Å². The third kappa shape index (κ3) is 4.90. The van der Waals surface area contributed by atoms with Gasteiger partial charge in [-0.2, -0.15) is 10.1 Å². The molecule has 5 rings (SSSR count). The van der Waals surface area contributed by atoms with Crippen LogP contribution in [-0.4, -0.2) is 38.4 Å². The van der Waals surface area contributed by atoms with Crippen LogP contribution >= 0.6 is 23.2 Å². The molecule has 0 fully saturated rings. The molecule has 3 heterocycles. The molecule has 0 spiro atoms. The van der Waals surface area contributed by atoms with Crippen LogP contribution in [0.2, 0.25) is 10.0 Å². The molecule has 1 aliphatic heterocycles. The summed E-state index contributed by atoms with van der Waals surface area (Å²) in [5.74, 6) is 0.723. The monoisotopic (exact) mass is 506 g/mol. The predicted molar refractivity (Wildman–Crippen MR) is 136 cm³/mol. The number of aliphatic hydroxyl groups is 1. The first-order valence-corrected chi connectivity index (χ1v) is 11.5. The number of carbonyl (C=O) groups is 1. The van der Waals surface area contributed by atoms with Gasteiger partial charge in [-0.1, -0.05) is 53.5 Å². The zero-order chi connectivity index (χ0) is 24.4. The Balaban J connectivity index is 1.30. The van der Waals surface area contributed by atoms with Gasteiger partial charge in [0.15, 0.2) is 0 Å². The molecule has 2 amide bonds. The number of hydrogen-bond donors (Lipinski definition) is 2. The van der Waals surface area contributed by atoms with Crippen LogP contribution in [0.25, 0.3) is 5.82 Å². The number of anilines is 1. The van der Waals surface area contributed by atoms with Crippen molar-refractivity contribution in [3.8, 4) is 5.82 Å². The van der Waals surface area contributed by atoms with Gasteiger partial charge >= 0.3 is 6.03 Å². The minimum Gasteiger partial charge on any atom is -0.384 e. The van der Waals surface area contributed by atoms with Crippen molar-refractivity contribution in [2.24, 2.45) is 5.10 Å². The van der Waals surface area contributed by atoms with E-state index in [0.29, 0.717) is 34.3 Å². The lowest BCUT2D eigenvalue weighted by Crippen LogP contribution is -2.41. The fraction of sp³-hybridized carbons (Fsp3) is 0.120. The molecule has 0 saturated carbocycles. The number of hydrogen-bond acceptors (Lipinski definition) is 5. The summed E-state index contributed by atoms with van der Waals surface area (Å²) in [4.78, 5) is 20.5. The molecule has 10 heteroatoms. The van der Waals surface area contributed by atoms with E-state index in [1.165, 1.54) is 5.01 Å². The van der Waals surface area contributed by atoms with Gasteiger partial charge in [-0.25, -0.2) is 14.8 Å². The van der Waals surface area contributed by atoms with Crippen LogP contribution in [0.15, 0.2) is 78.6 Å². The van der Waals surface area contributed by atoms with E-state index in [4.69, 9.17) is 23.2 Å². The van der Waals surface area contributed by atoms with Gasteiger partial charge in [-0.05, 0) is 34.9 Å². The quantitative estimate of drug-likeness (QED) is 0.393. The summed E-state index contributed by atoms with van der Waals surface area (Å²) in [6.07, 6.45) is 8.09. The molecule has 2 aromatic heterocycles. The van der Waals surface area contributed by atoms with Crippen LogP contribution in [0.3, 0.4) is 0 Å². The van der Waals surface area contributed by atoms with Crippen molar-refractivity contribution in [1.29, 1.82) is 0 Å². The molecule has 35 heavy (non-hydrogen) atoms. The Kier molecular flexibility index (Phi) is 6.50. The minimum absolute atomic E-state index is 0.340. The van der Waals surface area contributed by atoms with Crippen LogP contribution in [0.4, 0.5) is 10.5 Å². The summed E-state index contributed by atoms with van der Waals surface area (Å²) in [6.45, 7) is 0.382. The number of aromatic nitrogens is 3. The average molecular weight is 507 g/mol. The molecule has 1 atom stereocenters. The van der Waals surface area contributed by atoms with Crippen molar-refractivity contribution in [3.05, 3.63) is 106 Å². The summed E-state index contributed by atoms with van der Waals surface area (Å²) < 4.78 is 1.79. The number of hydrazone groups is 1. The number of carbonyl (C=O) groups excluding carboxylic acids is 1. The first kappa shape index (κ1) is 23.0. The van der Waals surface area contributed by atoms with Gasteiger partial charge in [-0.3, -0.25) is 4.57 Å². The largest absolute Gasteiger partial charge is 0.384 e. The van der Waals surface area contributed by atoms with Crippen LogP contribution in [0, 0.1) is 0 Å². The van der Waals surface area contributed by atoms with E-state index < -0.39 is 6.10 Å². The first-order chi connectivity index (χ1) is 17.0. The number of rotatable bonds is 6. The normalized spacial score (nSPS) is 14.1. The van der Waals surface area contributed by atoms with Gasteiger partial charge in [0.2, 0.25) is 0 Å². The highest BCUT2D eigenvalue weighted by atomic mass is 35.5. The van der Waals surface area contributed by atoms with E-state index >= 15 is 0 Å². The number of imidazole rings is 1. The fourth-order valence-electron chi connectivity index (χ4n) is 3.77. The molecule has 176 valence electrons. The number of aliphatic hydroxyl groups excluding tert-OH is 1. The van der Waals surface area contributed by atoms with Gasteiger partial charge < -0.3 is 10.4 Å². The zero-order valence-electron chi connectivity index (χ0n) is 18.3. The molecule has 1 aliphatic rings. The molecular formula is C25H20Cl2N6O2. The van der Waals surface area contributed by atoms with Gasteiger partial charge in [-0.15, -0.1) is 0 Å². The Morgan fingerprint density at radius 2 is 1.80 bits per heavy atom. The Morgan fingerprint density at radius 3 is 2.43 bits per heavy atom. The van der Waals surface area contributed by atoms with Crippen molar-refractivity contribution in [2.45, 2.75) is 12.5 Å². The van der Waals surface area contributed by atoms with Crippen LogP contribution in [0.1, 0.15) is 28.4 Å². The Labute approximate surface area is 211 Å². The molecule has 2 aromatic carbocycles. The molecule has 8 nitrogen and oxygen atoms in total. The van der Waals surface area contributed by atoms with Crippen LogP contribution < -0.4 is 10.3 Å². The Bertz CT molecular complexity index is 1350. The highest BCUT2D eigenvalue weighted by Gasteiger charge is 2.20. The second-order valence-corrected chi connectivity index (χ2v) is 8.74. The number of urea groups is 1. The number of nitrogens with one attached hydrogen (secondary N) is 1. The Morgan fingerprint density at radius 1 is 1.06 bits per heavy atom. The van der Waals surface area contributed by atoms with Crippen molar-refractivity contribution >= 4 is 41.1 Å². The minimum atomic E-state index is -0.809. The van der Waals surface area contributed by atoms with Gasteiger partial charge in [0.25, 0.3) is 0 Å². The maximum absolute atomic E-state index is 12.0. The second kappa shape index (κ2) is 9.87. The van der Waals surface area contributed by atoms with E-state index in [1.54, 1.807) is 41.6 Å². The standard InChI is InChI=1S/C25H20Cl2N6O2/c26-21-12-19(33-25(35)29-7-8-31-33)13-22(27)20(21)11-16-1-3-17(4-2-16)24(34)18-5-6-23(30-14-18)32-10-9-28-15-32/h1-6,8-10,12-15,24,34H,7,11H2,(H,29,35). The number of pyridine rings is 1. The number of halogens is 2. The van der Waals surface area contributed by atoms with E-state index in [9.17, 15) is 9.90 Å². The third-order valence-electron chi connectivity index (χ3n) is 5.64. The maximum Gasteiger partial charge on any atom is 0.342 e. The van der Waals surface area contributed by atoms with Gasteiger partial charge in [0, 0.05) is 46.8 Å². The molecule has 0 radical (unpaired) electrons. The number of amides is 2. The summed E-state index contributed by atoms with van der Waals surface area (Å²) >= 11 is 13.0. The topological polar surface area (TPSA) is 95.6 Å². The first-order valence-electron chi connectivity index (χ1n) is 10.8. The lowest BCUT2D eigenvalue weighted by atomic mass is 9.99. The van der Waals surface area contributed by atoms with E-state index in [-0.39, 0.29) is 6.03 Å². The lowest BCUT2D eigenvalue weighted by molar-refractivity contribution is 0.220. The van der Waals surface area contributed by atoms with Crippen LogP contribution in [0.5, 0.6) is 0 Å². The molecule has 0 bridgehead atoms. The van der Waals surface area contributed by atoms with Crippen molar-refractivity contribution in [1.82, 2.24) is 19.9 Å². The highest BCUT2D eigenvalue weighted by Crippen LogP contribution is 2.33. The number of nitrogens with zero attached hydrogens (tertiary/aromatic N) is 5.